The van der Waals surface area contributed by atoms with Gasteiger partial charge in [-0.05, 0) is 0 Å². The van der Waals surface area contributed by atoms with Gasteiger partial charge in [0.1, 0.15) is 0 Å². The second-order valence-electron chi connectivity index (χ2n) is 6.73. The molecule has 3 heteroatoms. The molecule has 0 unspecified atom stereocenters. The topological polar surface area (TPSA) is 20.3 Å². The van der Waals surface area contributed by atoms with Gasteiger partial charge in [-0.25, -0.2) is 0 Å². The first-order valence-electron chi connectivity index (χ1n) is 8.95. The molecule has 0 aromatic carbocycles. The molecule has 0 spiro atoms. The number of hydrogen-bond donors (Lipinski definition) is 0. The van der Waals surface area contributed by atoms with Crippen LogP contribution in [0.4, 0.5) is 0 Å². The Balaban J connectivity index is 2.72. The summed E-state index contributed by atoms with van der Waals surface area (Å²) >= 11 is -2.11. The Kier molecular flexibility index (Phi) is 9.22. The molecule has 0 saturated carbocycles. The summed E-state index contributed by atoms with van der Waals surface area (Å²) in [6.07, 6.45) is 10.1. The van der Waals surface area contributed by atoms with Crippen LogP contribution in [0.2, 0.25) is 13.3 Å². The number of unbranched alkanes of at least 4 members (excludes halogenated alkanes) is 3. The van der Waals surface area contributed by atoms with Crippen molar-refractivity contribution in [3.8, 4) is 0 Å². The van der Waals surface area contributed by atoms with Gasteiger partial charge in [0.05, 0.1) is 0 Å². The van der Waals surface area contributed by atoms with E-state index in [0.717, 1.165) is 19.4 Å². The summed E-state index contributed by atoms with van der Waals surface area (Å²) in [5, 5.41) is 0. The number of nitrogens with zero attached hydrogens (tertiary/aromatic N) is 1. The predicted molar refractivity (Wildman–Crippen MR) is 90.7 cm³/mol. The minimum atomic E-state index is -2.11. The Hall–Kier alpha value is 0.269. The molecule has 20 heavy (non-hydrogen) atoms. The molecule has 0 bridgehead atoms. The molecule has 1 saturated heterocycles. The van der Waals surface area contributed by atoms with Crippen LogP contribution in [0.5, 0.6) is 0 Å². The van der Waals surface area contributed by atoms with Crippen LogP contribution >= 0.6 is 0 Å². The van der Waals surface area contributed by atoms with Crippen LogP contribution in [-0.2, 0) is 4.79 Å². The van der Waals surface area contributed by atoms with Gasteiger partial charge in [0.2, 0.25) is 0 Å². The molecule has 1 amide bonds. The maximum atomic E-state index is 12.0. The first kappa shape index (κ1) is 18.3. The van der Waals surface area contributed by atoms with E-state index in [1.54, 1.807) is 0 Å². The molecule has 0 N–H and O–H groups in total. The standard InChI is InChI=1S/C5H8NO.3C4H9.Sn/c1-6-4-2-3-5(6)7;3*1-3-4-2;/h1-4H2;3*1,3-4H2,2H3;. The van der Waals surface area contributed by atoms with Crippen LogP contribution in [0.15, 0.2) is 0 Å². The van der Waals surface area contributed by atoms with Crippen LogP contribution in [0.3, 0.4) is 0 Å². The van der Waals surface area contributed by atoms with Crippen molar-refractivity contribution < 1.29 is 4.79 Å². The molecule has 1 aliphatic rings. The van der Waals surface area contributed by atoms with Crippen LogP contribution in [0.1, 0.15) is 72.1 Å². The molecule has 0 aliphatic carbocycles. The quantitative estimate of drug-likeness (QED) is 0.457. The van der Waals surface area contributed by atoms with Crippen LogP contribution in [-0.4, -0.2) is 40.3 Å². The molecule has 0 atom stereocenters. The van der Waals surface area contributed by atoms with Gasteiger partial charge in [0.15, 0.2) is 0 Å². The van der Waals surface area contributed by atoms with Gasteiger partial charge in [-0.2, -0.15) is 0 Å². The van der Waals surface area contributed by atoms with Crippen molar-refractivity contribution in [2.75, 3.05) is 11.1 Å². The Morgan fingerprint density at radius 2 is 1.45 bits per heavy atom. The monoisotopic (exact) mass is 389 g/mol. The van der Waals surface area contributed by atoms with E-state index in [2.05, 4.69) is 25.7 Å². The summed E-state index contributed by atoms with van der Waals surface area (Å²) in [5.74, 6) is 0.454. The third-order valence-corrected chi connectivity index (χ3v) is 20.0. The summed E-state index contributed by atoms with van der Waals surface area (Å²) in [6.45, 7) is 8.01. The Labute approximate surface area is 130 Å². The molecule has 0 aromatic heterocycles. The van der Waals surface area contributed by atoms with Crippen molar-refractivity contribution in [1.29, 1.82) is 0 Å². The normalized spacial score (nSPS) is 16.1. The molecule has 0 aromatic rings. The summed E-state index contributed by atoms with van der Waals surface area (Å²) in [5.41, 5.74) is 0. The first-order chi connectivity index (χ1) is 9.67. The fourth-order valence-corrected chi connectivity index (χ4v) is 19.8. The zero-order chi connectivity index (χ0) is 14.8. The predicted octanol–water partition coefficient (Wildman–Crippen LogP) is 5.00. The van der Waals surface area contributed by atoms with E-state index in [0.29, 0.717) is 5.91 Å². The van der Waals surface area contributed by atoms with E-state index in [1.165, 1.54) is 56.4 Å². The average Bonchev–Trinajstić information content (AvgIpc) is 2.85. The van der Waals surface area contributed by atoms with Crippen molar-refractivity contribution >= 4 is 24.3 Å². The Bertz CT molecular complexity index is 258. The number of carbonyl (C=O) groups is 1. The molecule has 0 radical (unpaired) electrons. The fraction of sp³-hybridized carbons (Fsp3) is 0.941. The van der Waals surface area contributed by atoms with E-state index in [9.17, 15) is 4.79 Å². The van der Waals surface area contributed by atoms with Gasteiger partial charge in [0.25, 0.3) is 0 Å². The van der Waals surface area contributed by atoms with Crippen molar-refractivity contribution in [1.82, 2.24) is 4.90 Å². The molecule has 1 aliphatic heterocycles. The van der Waals surface area contributed by atoms with Crippen molar-refractivity contribution in [2.45, 2.75) is 85.4 Å². The molecule has 118 valence electrons. The third kappa shape index (κ3) is 5.95. The Morgan fingerprint density at radius 1 is 0.950 bits per heavy atom. The molecule has 1 heterocycles. The zero-order valence-electron chi connectivity index (χ0n) is 14.0. The molecular weight excluding hydrogens is 353 g/mol. The number of rotatable bonds is 11. The minimum absolute atomic E-state index is 0.454. The number of likely N-dealkylation sites (tertiary alicyclic amines) is 1. The van der Waals surface area contributed by atoms with Crippen LogP contribution < -0.4 is 0 Å². The molecule has 1 fully saturated rings. The summed E-state index contributed by atoms with van der Waals surface area (Å²) in [7, 11) is 0. The van der Waals surface area contributed by atoms with Gasteiger partial charge in [-0.15, -0.1) is 0 Å². The second-order valence-corrected chi connectivity index (χ2v) is 20.5. The maximum absolute atomic E-state index is 12.0. The summed E-state index contributed by atoms with van der Waals surface area (Å²) in [6, 6.07) is 0. The van der Waals surface area contributed by atoms with Gasteiger partial charge in [-0.3, -0.25) is 0 Å². The van der Waals surface area contributed by atoms with Crippen LogP contribution in [0.25, 0.3) is 0 Å². The van der Waals surface area contributed by atoms with Crippen molar-refractivity contribution in [2.24, 2.45) is 0 Å². The van der Waals surface area contributed by atoms with E-state index < -0.39 is 18.4 Å². The zero-order valence-corrected chi connectivity index (χ0v) is 16.9. The molecular formula is C17H35NOSn. The number of hydrogen-bond acceptors (Lipinski definition) is 1. The third-order valence-electron chi connectivity index (χ3n) is 4.88. The number of carbonyl (C=O) groups excluding carboxylic acids is 1. The average molecular weight is 388 g/mol. The molecule has 2 nitrogen and oxygen atoms in total. The number of amides is 1. The van der Waals surface area contributed by atoms with Gasteiger partial charge in [0, 0.05) is 0 Å². The SMILES string of the molecule is CCC[CH2][Sn]([CH2]CCC)([CH2]CCC)[CH2]N1CCCC1=O. The van der Waals surface area contributed by atoms with Gasteiger partial charge >= 0.3 is 131 Å². The van der Waals surface area contributed by atoms with E-state index >= 15 is 0 Å². The summed E-state index contributed by atoms with van der Waals surface area (Å²) in [4.78, 5) is 14.3. The first-order valence-corrected chi connectivity index (χ1v) is 17.0. The van der Waals surface area contributed by atoms with Crippen molar-refractivity contribution in [3.63, 3.8) is 0 Å². The van der Waals surface area contributed by atoms with Crippen molar-refractivity contribution in [3.05, 3.63) is 0 Å². The van der Waals surface area contributed by atoms with Crippen LogP contribution in [0, 0.1) is 0 Å². The summed E-state index contributed by atoms with van der Waals surface area (Å²) < 4.78 is 5.81. The fourth-order valence-electron chi connectivity index (χ4n) is 3.54. The van der Waals surface area contributed by atoms with Gasteiger partial charge < -0.3 is 0 Å². The van der Waals surface area contributed by atoms with E-state index in [4.69, 9.17) is 0 Å². The Morgan fingerprint density at radius 3 is 1.80 bits per heavy atom. The van der Waals surface area contributed by atoms with E-state index in [-0.39, 0.29) is 0 Å². The van der Waals surface area contributed by atoms with E-state index in [1.807, 2.05) is 0 Å². The second kappa shape index (κ2) is 10.1. The molecule has 1 rings (SSSR count). The van der Waals surface area contributed by atoms with Gasteiger partial charge in [-0.1, -0.05) is 0 Å².